The van der Waals surface area contributed by atoms with Gasteiger partial charge >= 0.3 is 0 Å². The number of hydrogen-bond donors (Lipinski definition) is 3. The molecule has 2 aromatic carbocycles. The summed E-state index contributed by atoms with van der Waals surface area (Å²) >= 11 is 0. The molecular weight excluding hydrogens is 376 g/mol. The molecule has 0 bridgehead atoms. The molecule has 1 heterocycles. The van der Waals surface area contributed by atoms with Gasteiger partial charge in [-0.2, -0.15) is 0 Å². The Bertz CT molecular complexity index is 991. The van der Waals surface area contributed by atoms with E-state index in [1.165, 1.54) is 20.3 Å². The van der Waals surface area contributed by atoms with Crippen LogP contribution in [0.3, 0.4) is 0 Å². The third kappa shape index (κ3) is 3.22. The van der Waals surface area contributed by atoms with Crippen molar-refractivity contribution < 1.29 is 34.3 Å². The lowest BCUT2D eigenvalue weighted by molar-refractivity contribution is 0.0889. The Balaban J connectivity index is 2.23. The molecule has 29 heavy (non-hydrogen) atoms. The standard InChI is InChI=1S/C22H24O7/c1-6-22(2,3)14-9-12(20(27-4)19(26)21(14)28-5)13-10-29-16-8-11(23)7-15(24)17(16)18(13)25/h6-9,13,23-24,26H,1,10H2,2-5H3. The Labute approximate surface area is 168 Å². The minimum absolute atomic E-state index is 0.0269. The van der Waals surface area contributed by atoms with Crippen LogP contribution in [0.25, 0.3) is 0 Å². The average Bonchev–Trinajstić information content (AvgIpc) is 2.67. The predicted molar refractivity (Wildman–Crippen MR) is 107 cm³/mol. The molecule has 1 atom stereocenters. The number of rotatable bonds is 5. The van der Waals surface area contributed by atoms with Crippen LogP contribution in [0.15, 0.2) is 30.9 Å². The topological polar surface area (TPSA) is 105 Å². The molecule has 0 aromatic heterocycles. The molecule has 154 valence electrons. The highest BCUT2D eigenvalue weighted by atomic mass is 16.5. The van der Waals surface area contributed by atoms with E-state index in [1.807, 2.05) is 13.8 Å². The van der Waals surface area contributed by atoms with Crippen LogP contribution in [0.2, 0.25) is 0 Å². The lowest BCUT2D eigenvalue weighted by Crippen LogP contribution is -2.27. The number of ketones is 1. The molecule has 0 fully saturated rings. The molecule has 0 aliphatic carbocycles. The van der Waals surface area contributed by atoms with Gasteiger partial charge in [-0.15, -0.1) is 6.58 Å². The van der Waals surface area contributed by atoms with Gasteiger partial charge < -0.3 is 29.5 Å². The van der Waals surface area contributed by atoms with Crippen LogP contribution >= 0.6 is 0 Å². The highest BCUT2D eigenvalue weighted by Crippen LogP contribution is 2.50. The monoisotopic (exact) mass is 400 g/mol. The van der Waals surface area contributed by atoms with Crippen molar-refractivity contribution in [1.82, 2.24) is 0 Å². The first-order chi connectivity index (χ1) is 13.7. The molecule has 0 spiro atoms. The van der Waals surface area contributed by atoms with E-state index in [1.54, 1.807) is 12.1 Å². The Morgan fingerprint density at radius 1 is 1.14 bits per heavy atom. The van der Waals surface area contributed by atoms with E-state index in [0.29, 0.717) is 11.1 Å². The molecule has 0 saturated heterocycles. The zero-order valence-electron chi connectivity index (χ0n) is 16.8. The smallest absolute Gasteiger partial charge is 0.201 e. The number of phenols is 3. The first-order valence-corrected chi connectivity index (χ1v) is 9.01. The van der Waals surface area contributed by atoms with E-state index in [0.717, 1.165) is 6.07 Å². The van der Waals surface area contributed by atoms with E-state index in [2.05, 4.69) is 6.58 Å². The summed E-state index contributed by atoms with van der Waals surface area (Å²) < 4.78 is 16.4. The van der Waals surface area contributed by atoms with Crippen LogP contribution < -0.4 is 14.2 Å². The van der Waals surface area contributed by atoms with Crippen LogP contribution in [0.1, 0.15) is 41.3 Å². The third-order valence-electron chi connectivity index (χ3n) is 5.26. The maximum absolute atomic E-state index is 13.2. The summed E-state index contributed by atoms with van der Waals surface area (Å²) in [7, 11) is 2.82. The first-order valence-electron chi connectivity index (χ1n) is 9.01. The number of phenolic OH excluding ortho intramolecular Hbond substituents is 3. The van der Waals surface area contributed by atoms with Gasteiger partial charge in [0.2, 0.25) is 5.75 Å². The van der Waals surface area contributed by atoms with Crippen LogP contribution in [0.5, 0.6) is 34.5 Å². The molecule has 7 nitrogen and oxygen atoms in total. The zero-order chi connectivity index (χ0) is 21.5. The maximum Gasteiger partial charge on any atom is 0.201 e. The van der Waals surface area contributed by atoms with Crippen molar-refractivity contribution in [3.05, 3.63) is 47.5 Å². The highest BCUT2D eigenvalue weighted by Gasteiger charge is 2.38. The number of carbonyl (C=O) groups excluding carboxylic acids is 1. The number of aromatic hydroxyl groups is 3. The molecular formula is C22H24O7. The number of benzene rings is 2. The Morgan fingerprint density at radius 3 is 2.38 bits per heavy atom. The molecule has 0 amide bonds. The second kappa shape index (κ2) is 7.24. The molecule has 3 N–H and O–H groups in total. The van der Waals surface area contributed by atoms with Gasteiger partial charge in [0.05, 0.1) is 20.1 Å². The van der Waals surface area contributed by atoms with Gasteiger partial charge in [0.25, 0.3) is 0 Å². The fraction of sp³-hybridized carbons (Fsp3) is 0.318. The number of hydrogen-bond acceptors (Lipinski definition) is 7. The van der Waals surface area contributed by atoms with Gasteiger partial charge in [0.15, 0.2) is 17.3 Å². The molecule has 0 saturated carbocycles. The van der Waals surface area contributed by atoms with E-state index < -0.39 is 17.1 Å². The lowest BCUT2D eigenvalue weighted by atomic mass is 9.80. The number of fused-ring (bicyclic) bond motifs is 1. The van der Waals surface area contributed by atoms with E-state index in [4.69, 9.17) is 14.2 Å². The number of methoxy groups -OCH3 is 2. The number of ether oxygens (including phenoxy) is 3. The predicted octanol–water partition coefficient (Wildman–Crippen LogP) is 3.64. The van der Waals surface area contributed by atoms with Crippen molar-refractivity contribution in [2.45, 2.75) is 25.2 Å². The maximum atomic E-state index is 13.2. The quantitative estimate of drug-likeness (QED) is 0.658. The van der Waals surface area contributed by atoms with Crippen molar-refractivity contribution in [2.24, 2.45) is 0 Å². The first kappa shape index (κ1) is 20.4. The number of carbonyl (C=O) groups is 1. The van der Waals surface area contributed by atoms with Crippen molar-refractivity contribution in [3.8, 4) is 34.5 Å². The fourth-order valence-corrected chi connectivity index (χ4v) is 3.52. The Hall–Kier alpha value is -3.35. The second-order valence-electron chi connectivity index (χ2n) is 7.42. The lowest BCUT2D eigenvalue weighted by Gasteiger charge is -2.30. The fourth-order valence-electron chi connectivity index (χ4n) is 3.52. The van der Waals surface area contributed by atoms with E-state index >= 15 is 0 Å². The van der Waals surface area contributed by atoms with Gasteiger partial charge in [-0.25, -0.2) is 0 Å². The summed E-state index contributed by atoms with van der Waals surface area (Å²) in [5.74, 6) is -1.64. The number of Topliss-reactive ketones (excluding diaryl/α,β-unsaturated/α-hetero) is 1. The minimum Gasteiger partial charge on any atom is -0.508 e. The third-order valence-corrected chi connectivity index (χ3v) is 5.26. The van der Waals surface area contributed by atoms with Gasteiger partial charge in [0, 0.05) is 28.7 Å². The van der Waals surface area contributed by atoms with E-state index in [-0.39, 0.29) is 46.7 Å². The summed E-state index contributed by atoms with van der Waals surface area (Å²) in [6.07, 6.45) is 1.71. The molecule has 1 aliphatic rings. The Morgan fingerprint density at radius 2 is 1.79 bits per heavy atom. The summed E-state index contributed by atoms with van der Waals surface area (Å²) in [4.78, 5) is 13.2. The molecule has 3 rings (SSSR count). The van der Waals surface area contributed by atoms with Gasteiger partial charge in [-0.3, -0.25) is 4.79 Å². The molecule has 1 aliphatic heterocycles. The second-order valence-corrected chi connectivity index (χ2v) is 7.42. The van der Waals surface area contributed by atoms with Gasteiger partial charge in [-0.1, -0.05) is 19.9 Å². The molecule has 1 unspecified atom stereocenters. The molecule has 7 heteroatoms. The summed E-state index contributed by atoms with van der Waals surface area (Å²) in [5.41, 5.74) is 0.422. The van der Waals surface area contributed by atoms with Crippen molar-refractivity contribution >= 4 is 5.78 Å². The largest absolute Gasteiger partial charge is 0.508 e. The number of allylic oxidation sites excluding steroid dienone is 1. The van der Waals surface area contributed by atoms with Crippen LogP contribution in [0, 0.1) is 0 Å². The summed E-state index contributed by atoms with van der Waals surface area (Å²) in [6.45, 7) is 7.59. The van der Waals surface area contributed by atoms with Crippen LogP contribution in [-0.4, -0.2) is 41.9 Å². The zero-order valence-corrected chi connectivity index (χ0v) is 16.8. The van der Waals surface area contributed by atoms with Gasteiger partial charge in [0.1, 0.15) is 29.4 Å². The molecule has 0 radical (unpaired) electrons. The average molecular weight is 400 g/mol. The normalized spacial score (nSPS) is 16.0. The van der Waals surface area contributed by atoms with Crippen molar-refractivity contribution in [3.63, 3.8) is 0 Å². The summed E-state index contributed by atoms with van der Waals surface area (Å²) in [6, 6.07) is 4.09. The van der Waals surface area contributed by atoms with Crippen molar-refractivity contribution in [2.75, 3.05) is 20.8 Å². The van der Waals surface area contributed by atoms with Crippen LogP contribution in [0.4, 0.5) is 0 Å². The summed E-state index contributed by atoms with van der Waals surface area (Å²) in [5, 5.41) is 30.6. The van der Waals surface area contributed by atoms with Crippen molar-refractivity contribution in [1.29, 1.82) is 0 Å². The van der Waals surface area contributed by atoms with E-state index in [9.17, 15) is 20.1 Å². The highest BCUT2D eigenvalue weighted by molar-refractivity contribution is 6.07. The SMILES string of the molecule is C=CC(C)(C)c1cc(C2COc3cc(O)cc(O)c3C2=O)c(OC)c(O)c1OC. The van der Waals surface area contributed by atoms with Gasteiger partial charge in [-0.05, 0) is 6.07 Å². The minimum atomic E-state index is -0.843. The molecule has 2 aromatic rings. The Kier molecular flexibility index (Phi) is 5.09. The van der Waals surface area contributed by atoms with Crippen LogP contribution in [-0.2, 0) is 5.41 Å².